The number of halogens is 1. The molecule has 2 rings (SSSR count). The summed E-state index contributed by atoms with van der Waals surface area (Å²) in [5, 5.41) is 10.5. The van der Waals surface area contributed by atoms with Gasteiger partial charge in [-0.1, -0.05) is 42.5 Å². The average Bonchev–Trinajstić information content (AvgIpc) is 2.61. The van der Waals surface area contributed by atoms with Crippen LogP contribution in [-0.4, -0.2) is 29.4 Å². The molecule has 2 aromatic rings. The van der Waals surface area contributed by atoms with Crippen molar-refractivity contribution < 1.29 is 23.8 Å². The van der Waals surface area contributed by atoms with Crippen molar-refractivity contribution in [2.75, 3.05) is 0 Å². The van der Waals surface area contributed by atoms with Crippen LogP contribution in [0.25, 0.3) is 0 Å². The van der Waals surface area contributed by atoms with E-state index in [1.165, 1.54) is 19.1 Å². The summed E-state index contributed by atoms with van der Waals surface area (Å²) in [7, 11) is 0. The number of rotatable bonds is 8. The minimum absolute atomic E-state index is 0.278. The predicted octanol–water partition coefficient (Wildman–Crippen LogP) is 3.27. The minimum Gasteiger partial charge on any atom is -0.459 e. The molecule has 0 aliphatic carbocycles. The van der Waals surface area contributed by atoms with Crippen LogP contribution in [0.4, 0.5) is 4.39 Å². The van der Waals surface area contributed by atoms with Crippen molar-refractivity contribution in [3.8, 4) is 0 Å². The van der Waals surface area contributed by atoms with Gasteiger partial charge in [-0.3, -0.25) is 4.79 Å². The Labute approximate surface area is 147 Å². The SMILES string of the molecule is CC(=O)O[C@H](Cc1ccc(F)cc1)[C@@H](O)[C@H](C)OCc1ccccc1. The predicted molar refractivity (Wildman–Crippen MR) is 92.4 cm³/mol. The number of esters is 1. The summed E-state index contributed by atoms with van der Waals surface area (Å²) < 4.78 is 24.0. The maximum atomic E-state index is 13.0. The van der Waals surface area contributed by atoms with E-state index in [4.69, 9.17) is 9.47 Å². The fourth-order valence-corrected chi connectivity index (χ4v) is 2.50. The Morgan fingerprint density at radius 3 is 2.32 bits per heavy atom. The van der Waals surface area contributed by atoms with E-state index in [1.54, 1.807) is 19.1 Å². The Balaban J connectivity index is 1.99. The summed E-state index contributed by atoms with van der Waals surface area (Å²) in [5.41, 5.74) is 1.76. The molecule has 0 radical (unpaired) electrons. The average molecular weight is 346 g/mol. The number of hydrogen-bond acceptors (Lipinski definition) is 4. The molecule has 0 spiro atoms. The van der Waals surface area contributed by atoms with Gasteiger partial charge in [0.15, 0.2) is 0 Å². The molecular formula is C20H23FO4. The second-order valence-corrected chi connectivity index (χ2v) is 5.97. The van der Waals surface area contributed by atoms with Gasteiger partial charge in [0.1, 0.15) is 18.0 Å². The number of hydrogen-bond donors (Lipinski definition) is 1. The van der Waals surface area contributed by atoms with E-state index < -0.39 is 24.3 Å². The van der Waals surface area contributed by atoms with Gasteiger partial charge in [0, 0.05) is 13.3 Å². The van der Waals surface area contributed by atoms with Gasteiger partial charge in [0.2, 0.25) is 0 Å². The Morgan fingerprint density at radius 1 is 1.08 bits per heavy atom. The number of carbonyl (C=O) groups excluding carboxylic acids is 1. The summed E-state index contributed by atoms with van der Waals surface area (Å²) in [6.45, 7) is 3.37. The normalized spacial score (nSPS) is 14.6. The van der Waals surface area contributed by atoms with Crippen LogP contribution < -0.4 is 0 Å². The lowest BCUT2D eigenvalue weighted by atomic mass is 10.0. The highest BCUT2D eigenvalue weighted by molar-refractivity contribution is 5.66. The molecule has 0 heterocycles. The van der Waals surface area contributed by atoms with Gasteiger partial charge in [0.25, 0.3) is 0 Å². The van der Waals surface area contributed by atoms with E-state index in [0.717, 1.165) is 11.1 Å². The lowest BCUT2D eigenvalue weighted by Crippen LogP contribution is -2.41. The van der Waals surface area contributed by atoms with Crippen molar-refractivity contribution in [3.05, 3.63) is 71.5 Å². The molecule has 0 aliphatic rings. The first-order chi connectivity index (χ1) is 12.0. The van der Waals surface area contributed by atoms with Gasteiger partial charge in [-0.05, 0) is 30.2 Å². The molecule has 1 N–H and O–H groups in total. The third kappa shape index (κ3) is 6.29. The summed E-state index contributed by atoms with van der Waals surface area (Å²) in [6, 6.07) is 15.5. The summed E-state index contributed by atoms with van der Waals surface area (Å²) >= 11 is 0. The maximum absolute atomic E-state index is 13.0. The molecule has 0 saturated carbocycles. The molecular weight excluding hydrogens is 323 g/mol. The van der Waals surface area contributed by atoms with Crippen LogP contribution in [0.3, 0.4) is 0 Å². The second kappa shape index (κ2) is 9.30. The van der Waals surface area contributed by atoms with Crippen molar-refractivity contribution in [2.45, 2.75) is 45.2 Å². The topological polar surface area (TPSA) is 55.8 Å². The van der Waals surface area contributed by atoms with Gasteiger partial charge in [-0.25, -0.2) is 4.39 Å². The van der Waals surface area contributed by atoms with Crippen LogP contribution in [0.15, 0.2) is 54.6 Å². The number of benzene rings is 2. The van der Waals surface area contributed by atoms with Crippen LogP contribution in [0.1, 0.15) is 25.0 Å². The van der Waals surface area contributed by atoms with Gasteiger partial charge in [-0.15, -0.1) is 0 Å². The highest BCUT2D eigenvalue weighted by Gasteiger charge is 2.28. The van der Waals surface area contributed by atoms with Gasteiger partial charge < -0.3 is 14.6 Å². The summed E-state index contributed by atoms with van der Waals surface area (Å²) in [6.07, 6.45) is -2.03. The van der Waals surface area contributed by atoms with Crippen molar-refractivity contribution in [1.82, 2.24) is 0 Å². The smallest absolute Gasteiger partial charge is 0.303 e. The molecule has 3 atom stereocenters. The highest BCUT2D eigenvalue weighted by Crippen LogP contribution is 2.16. The molecule has 2 aromatic carbocycles. The zero-order valence-electron chi connectivity index (χ0n) is 14.4. The lowest BCUT2D eigenvalue weighted by molar-refractivity contribution is -0.159. The van der Waals surface area contributed by atoms with Crippen LogP contribution in [0.5, 0.6) is 0 Å². The standard InChI is InChI=1S/C20H23FO4/c1-14(24-13-17-6-4-3-5-7-17)20(23)19(25-15(2)22)12-16-8-10-18(21)11-9-16/h3-11,14,19-20,23H,12-13H2,1-2H3/t14-,19+,20-/m0/s1. The van der Waals surface area contributed by atoms with Crippen molar-refractivity contribution in [2.24, 2.45) is 0 Å². The molecule has 0 bridgehead atoms. The van der Waals surface area contributed by atoms with Crippen molar-refractivity contribution >= 4 is 5.97 Å². The summed E-state index contributed by atoms with van der Waals surface area (Å²) in [5.74, 6) is -0.825. The van der Waals surface area contributed by atoms with Crippen LogP contribution in [-0.2, 0) is 27.3 Å². The van der Waals surface area contributed by atoms with Crippen LogP contribution in [0.2, 0.25) is 0 Å². The molecule has 0 aliphatic heterocycles. The van der Waals surface area contributed by atoms with E-state index >= 15 is 0 Å². The molecule has 25 heavy (non-hydrogen) atoms. The first-order valence-electron chi connectivity index (χ1n) is 8.21. The Hall–Kier alpha value is -2.24. The number of carbonyl (C=O) groups is 1. The Bertz CT molecular complexity index is 657. The molecule has 0 saturated heterocycles. The number of aliphatic hydroxyl groups is 1. The van der Waals surface area contributed by atoms with Crippen LogP contribution >= 0.6 is 0 Å². The molecule has 0 unspecified atom stereocenters. The zero-order chi connectivity index (χ0) is 18.2. The highest BCUT2D eigenvalue weighted by atomic mass is 19.1. The molecule has 0 amide bonds. The second-order valence-electron chi connectivity index (χ2n) is 5.97. The van der Waals surface area contributed by atoms with Crippen molar-refractivity contribution in [3.63, 3.8) is 0 Å². The summed E-state index contributed by atoms with van der Waals surface area (Å²) in [4.78, 5) is 11.4. The molecule has 4 nitrogen and oxygen atoms in total. The quantitative estimate of drug-likeness (QED) is 0.746. The van der Waals surface area contributed by atoms with Crippen LogP contribution in [0, 0.1) is 5.82 Å². The van der Waals surface area contributed by atoms with E-state index in [0.29, 0.717) is 6.61 Å². The van der Waals surface area contributed by atoms with Gasteiger partial charge >= 0.3 is 5.97 Å². The lowest BCUT2D eigenvalue weighted by Gasteiger charge is -2.27. The first-order valence-corrected chi connectivity index (χ1v) is 8.21. The Morgan fingerprint density at radius 2 is 1.72 bits per heavy atom. The number of ether oxygens (including phenoxy) is 2. The van der Waals surface area contributed by atoms with Gasteiger partial charge in [0.05, 0.1) is 12.7 Å². The fourth-order valence-electron chi connectivity index (χ4n) is 2.50. The molecule has 134 valence electrons. The fraction of sp³-hybridized carbons (Fsp3) is 0.350. The Kier molecular flexibility index (Phi) is 7.10. The van der Waals surface area contributed by atoms with E-state index in [-0.39, 0.29) is 12.2 Å². The van der Waals surface area contributed by atoms with E-state index in [2.05, 4.69) is 0 Å². The van der Waals surface area contributed by atoms with E-state index in [1.807, 2.05) is 30.3 Å². The molecule has 0 fully saturated rings. The maximum Gasteiger partial charge on any atom is 0.303 e. The third-order valence-corrected chi connectivity index (χ3v) is 3.89. The van der Waals surface area contributed by atoms with Gasteiger partial charge in [-0.2, -0.15) is 0 Å². The van der Waals surface area contributed by atoms with E-state index in [9.17, 15) is 14.3 Å². The number of aliphatic hydroxyl groups excluding tert-OH is 1. The monoisotopic (exact) mass is 346 g/mol. The minimum atomic E-state index is -1.00. The largest absolute Gasteiger partial charge is 0.459 e. The zero-order valence-corrected chi connectivity index (χ0v) is 14.4. The molecule has 0 aromatic heterocycles. The van der Waals surface area contributed by atoms with Crippen molar-refractivity contribution in [1.29, 1.82) is 0 Å². The first kappa shape index (κ1) is 19.1. The molecule has 5 heteroatoms. The third-order valence-electron chi connectivity index (χ3n) is 3.89.